The summed E-state index contributed by atoms with van der Waals surface area (Å²) in [5.41, 5.74) is 4.62. The number of benzene rings is 2. The number of rotatable bonds is 5. The molecule has 2 N–H and O–H groups in total. The molecule has 0 radical (unpaired) electrons. The highest BCUT2D eigenvalue weighted by molar-refractivity contribution is 6.04. The van der Waals surface area contributed by atoms with Crippen molar-refractivity contribution in [2.75, 3.05) is 12.4 Å². The van der Waals surface area contributed by atoms with Crippen molar-refractivity contribution < 1.29 is 14.0 Å². The van der Waals surface area contributed by atoms with Crippen LogP contribution in [0.3, 0.4) is 0 Å². The van der Waals surface area contributed by atoms with Gasteiger partial charge < -0.3 is 5.32 Å². The van der Waals surface area contributed by atoms with E-state index in [4.69, 9.17) is 4.84 Å². The van der Waals surface area contributed by atoms with Crippen molar-refractivity contribution in [2.45, 2.75) is 0 Å². The van der Waals surface area contributed by atoms with Gasteiger partial charge in [-0.2, -0.15) is 0 Å². The Bertz CT molecular complexity index is 654. The topological polar surface area (TPSA) is 50.4 Å². The summed E-state index contributed by atoms with van der Waals surface area (Å²) < 4.78 is 13.5. The van der Waals surface area contributed by atoms with E-state index in [0.717, 1.165) is 5.56 Å². The van der Waals surface area contributed by atoms with Gasteiger partial charge in [0, 0.05) is 5.69 Å². The fourth-order valence-electron chi connectivity index (χ4n) is 1.78. The van der Waals surface area contributed by atoms with Crippen LogP contribution in [0.25, 0.3) is 5.70 Å². The highest BCUT2D eigenvalue weighted by Crippen LogP contribution is 2.16. The number of amides is 1. The maximum Gasteiger partial charge on any atom is 0.258 e. The largest absolute Gasteiger partial charge is 0.322 e. The van der Waals surface area contributed by atoms with Crippen molar-refractivity contribution >= 4 is 17.3 Å². The lowest BCUT2D eigenvalue weighted by atomic mass is 10.1. The molecule has 21 heavy (non-hydrogen) atoms. The van der Waals surface area contributed by atoms with E-state index < -0.39 is 11.7 Å². The number of halogens is 1. The van der Waals surface area contributed by atoms with Crippen LogP contribution in [-0.4, -0.2) is 13.0 Å². The normalized spacial score (nSPS) is 10.0. The summed E-state index contributed by atoms with van der Waals surface area (Å²) >= 11 is 0. The first kappa shape index (κ1) is 14.7. The summed E-state index contributed by atoms with van der Waals surface area (Å²) in [6.07, 6.45) is 0. The molecule has 0 saturated heterocycles. The van der Waals surface area contributed by atoms with Crippen molar-refractivity contribution in [1.29, 1.82) is 0 Å². The van der Waals surface area contributed by atoms with Crippen LogP contribution in [-0.2, 0) is 4.84 Å². The van der Waals surface area contributed by atoms with Gasteiger partial charge in [0.25, 0.3) is 5.91 Å². The average Bonchev–Trinajstić information content (AvgIpc) is 2.48. The van der Waals surface area contributed by atoms with Crippen LogP contribution in [0, 0.1) is 5.82 Å². The molecular formula is C16H15FN2O2. The van der Waals surface area contributed by atoms with Crippen LogP contribution >= 0.6 is 0 Å². The van der Waals surface area contributed by atoms with Gasteiger partial charge >= 0.3 is 0 Å². The second-order valence-corrected chi connectivity index (χ2v) is 4.30. The molecule has 0 atom stereocenters. The van der Waals surface area contributed by atoms with Gasteiger partial charge in [-0.3, -0.25) is 15.1 Å². The quantitative estimate of drug-likeness (QED) is 0.830. The summed E-state index contributed by atoms with van der Waals surface area (Å²) in [5.74, 6) is -1.04. The Hall–Kier alpha value is -2.66. The maximum absolute atomic E-state index is 13.5. The Labute approximate surface area is 122 Å². The summed E-state index contributed by atoms with van der Waals surface area (Å²) in [6.45, 7) is 3.79. The Morgan fingerprint density at radius 1 is 1.14 bits per heavy atom. The number of carbonyl (C=O) groups excluding carboxylic acids is 1. The Kier molecular flexibility index (Phi) is 4.68. The first-order valence-electron chi connectivity index (χ1n) is 6.26. The fourth-order valence-corrected chi connectivity index (χ4v) is 1.78. The minimum atomic E-state index is -0.552. The molecule has 0 heterocycles. The van der Waals surface area contributed by atoms with Crippen molar-refractivity contribution in [1.82, 2.24) is 5.48 Å². The van der Waals surface area contributed by atoms with Crippen LogP contribution in [0.1, 0.15) is 15.9 Å². The number of nitrogens with one attached hydrogen (secondary N) is 2. The van der Waals surface area contributed by atoms with E-state index in [1.54, 1.807) is 30.3 Å². The van der Waals surface area contributed by atoms with Crippen LogP contribution in [0.15, 0.2) is 55.1 Å². The predicted molar refractivity (Wildman–Crippen MR) is 80.0 cm³/mol. The van der Waals surface area contributed by atoms with Gasteiger partial charge in [0.15, 0.2) is 0 Å². The third-order valence-corrected chi connectivity index (χ3v) is 2.83. The second kappa shape index (κ2) is 6.67. The lowest BCUT2D eigenvalue weighted by molar-refractivity contribution is 0.102. The molecule has 0 aliphatic heterocycles. The van der Waals surface area contributed by atoms with E-state index in [1.807, 2.05) is 0 Å². The van der Waals surface area contributed by atoms with Crippen LogP contribution in [0.5, 0.6) is 0 Å². The van der Waals surface area contributed by atoms with E-state index in [-0.39, 0.29) is 5.56 Å². The molecule has 108 valence electrons. The minimum absolute atomic E-state index is 0.00651. The molecule has 2 rings (SSSR count). The number of carbonyl (C=O) groups is 1. The number of anilines is 1. The molecular weight excluding hydrogens is 271 g/mol. The molecule has 0 aliphatic rings. The minimum Gasteiger partial charge on any atom is -0.322 e. The molecule has 1 amide bonds. The lowest BCUT2D eigenvalue weighted by Crippen LogP contribution is -2.13. The molecule has 2 aromatic carbocycles. The van der Waals surface area contributed by atoms with Gasteiger partial charge in [0.05, 0.1) is 18.4 Å². The summed E-state index contributed by atoms with van der Waals surface area (Å²) in [6, 6.07) is 12.8. The lowest BCUT2D eigenvalue weighted by Gasteiger charge is -2.09. The zero-order valence-electron chi connectivity index (χ0n) is 11.5. The van der Waals surface area contributed by atoms with Crippen molar-refractivity contribution in [3.63, 3.8) is 0 Å². The fraction of sp³-hybridized carbons (Fsp3) is 0.0625. The second-order valence-electron chi connectivity index (χ2n) is 4.30. The van der Waals surface area contributed by atoms with Crippen molar-refractivity contribution in [3.8, 4) is 0 Å². The molecule has 5 heteroatoms. The standard InChI is InChI=1S/C16H15FN2O2/c1-11(19-21-2)12-7-9-13(10-8-12)18-16(20)14-5-3-4-6-15(14)17/h3-10,19H,1H2,2H3,(H,18,20). The SMILES string of the molecule is C=C(NOC)c1ccc(NC(=O)c2ccccc2F)cc1. The van der Waals surface area contributed by atoms with Gasteiger partial charge in [-0.25, -0.2) is 4.39 Å². The molecule has 2 aromatic rings. The predicted octanol–water partition coefficient (Wildman–Crippen LogP) is 3.20. The van der Waals surface area contributed by atoms with E-state index >= 15 is 0 Å². The van der Waals surface area contributed by atoms with Crippen molar-refractivity contribution in [3.05, 3.63) is 72.1 Å². The van der Waals surface area contributed by atoms with E-state index in [9.17, 15) is 9.18 Å². The van der Waals surface area contributed by atoms with E-state index in [1.165, 1.54) is 25.3 Å². The van der Waals surface area contributed by atoms with Crippen LogP contribution in [0.2, 0.25) is 0 Å². The zero-order valence-corrected chi connectivity index (χ0v) is 11.5. The monoisotopic (exact) mass is 286 g/mol. The van der Waals surface area contributed by atoms with Crippen LogP contribution < -0.4 is 10.8 Å². The molecule has 0 aliphatic carbocycles. The smallest absolute Gasteiger partial charge is 0.258 e. The van der Waals surface area contributed by atoms with Gasteiger partial charge in [0.2, 0.25) is 0 Å². The molecule has 0 saturated carbocycles. The first-order valence-corrected chi connectivity index (χ1v) is 6.26. The third kappa shape index (κ3) is 3.67. The average molecular weight is 286 g/mol. The highest BCUT2D eigenvalue weighted by Gasteiger charge is 2.10. The van der Waals surface area contributed by atoms with Crippen molar-refractivity contribution in [2.24, 2.45) is 0 Å². The van der Waals surface area contributed by atoms with Gasteiger partial charge in [0.1, 0.15) is 5.82 Å². The molecule has 0 fully saturated rings. The third-order valence-electron chi connectivity index (χ3n) is 2.83. The summed E-state index contributed by atoms with van der Waals surface area (Å²) in [4.78, 5) is 16.7. The van der Waals surface area contributed by atoms with Crippen LogP contribution in [0.4, 0.5) is 10.1 Å². The molecule has 4 nitrogen and oxygen atoms in total. The molecule has 0 spiro atoms. The summed E-state index contributed by atoms with van der Waals surface area (Å²) in [7, 11) is 1.49. The van der Waals surface area contributed by atoms with Gasteiger partial charge in [-0.15, -0.1) is 0 Å². The van der Waals surface area contributed by atoms with E-state index in [0.29, 0.717) is 11.4 Å². The Morgan fingerprint density at radius 2 is 1.81 bits per heavy atom. The number of hydrogen-bond donors (Lipinski definition) is 2. The number of hydrogen-bond acceptors (Lipinski definition) is 3. The Balaban J connectivity index is 2.09. The van der Waals surface area contributed by atoms with E-state index in [2.05, 4.69) is 17.4 Å². The zero-order chi connectivity index (χ0) is 15.2. The maximum atomic E-state index is 13.5. The highest BCUT2D eigenvalue weighted by atomic mass is 19.1. The van der Waals surface area contributed by atoms with Gasteiger partial charge in [-0.1, -0.05) is 30.8 Å². The first-order chi connectivity index (χ1) is 10.1. The molecule has 0 aromatic heterocycles. The Morgan fingerprint density at radius 3 is 2.43 bits per heavy atom. The summed E-state index contributed by atoms with van der Waals surface area (Å²) in [5, 5.41) is 2.64. The van der Waals surface area contributed by atoms with Gasteiger partial charge in [-0.05, 0) is 29.8 Å². The molecule has 0 unspecified atom stereocenters. The number of hydroxylamine groups is 1. The molecule has 0 bridgehead atoms.